The maximum atomic E-state index is 8.68. The normalized spacial score (nSPS) is 12.1. The van der Waals surface area contributed by atoms with Crippen molar-refractivity contribution in [1.29, 1.82) is 0 Å². The van der Waals surface area contributed by atoms with Gasteiger partial charge >= 0.3 is 0 Å². The number of para-hydroxylation sites is 1. The van der Waals surface area contributed by atoms with E-state index in [4.69, 9.17) is 7.16 Å². The summed E-state index contributed by atoms with van der Waals surface area (Å²) >= 11 is 0. The number of fused-ring (bicyclic) bond motifs is 5. The van der Waals surface area contributed by atoms with Crippen molar-refractivity contribution in [1.82, 2.24) is 9.97 Å². The number of benzene rings is 6. The summed E-state index contributed by atoms with van der Waals surface area (Å²) in [6.07, 6.45) is 2.13. The summed E-state index contributed by atoms with van der Waals surface area (Å²) in [5.41, 5.74) is 12.4. The fraction of sp³-hybridized carbons (Fsp3) is 0.137. The second kappa shape index (κ2) is 16.0. The number of rotatable bonds is 5. The molecule has 6 aromatic carbocycles. The maximum Gasteiger partial charge on any atom is 0.136 e. The minimum atomic E-state index is -1.49. The first-order valence-electron chi connectivity index (χ1n) is 19.3. The molecular formula is C51H42IrN2O-2. The van der Waals surface area contributed by atoms with E-state index in [1.165, 1.54) is 22.3 Å². The summed E-state index contributed by atoms with van der Waals surface area (Å²) in [4.78, 5) is 9.09. The monoisotopic (exact) mass is 893 g/mol. The van der Waals surface area contributed by atoms with E-state index in [-0.39, 0.29) is 20.1 Å². The van der Waals surface area contributed by atoms with Crippen molar-refractivity contribution >= 4 is 32.7 Å². The molecule has 55 heavy (non-hydrogen) atoms. The fourth-order valence-electron chi connectivity index (χ4n) is 6.97. The van der Waals surface area contributed by atoms with Gasteiger partial charge in [-0.1, -0.05) is 118 Å². The van der Waals surface area contributed by atoms with Gasteiger partial charge in [0.25, 0.3) is 0 Å². The van der Waals surface area contributed by atoms with Crippen LogP contribution in [0.1, 0.15) is 40.2 Å². The van der Waals surface area contributed by atoms with Crippen LogP contribution in [0, 0.1) is 31.4 Å². The van der Waals surface area contributed by atoms with Gasteiger partial charge < -0.3 is 14.4 Å². The number of nitrogens with zero attached hydrogens (tertiary/aromatic N) is 2. The molecule has 9 rings (SSSR count). The average molecular weight is 893 g/mol. The van der Waals surface area contributed by atoms with Crippen molar-refractivity contribution in [2.24, 2.45) is 5.41 Å². The molecule has 0 aliphatic rings. The Balaban J connectivity index is 0.000000201. The summed E-state index contributed by atoms with van der Waals surface area (Å²) < 4.78 is 23.5. The zero-order valence-corrected chi connectivity index (χ0v) is 34.0. The van der Waals surface area contributed by atoms with E-state index >= 15 is 0 Å². The average Bonchev–Trinajstić information content (AvgIpc) is 3.61. The third-order valence-electron chi connectivity index (χ3n) is 9.50. The Kier molecular flexibility index (Phi) is 10.2. The van der Waals surface area contributed by atoms with Crippen molar-refractivity contribution < 1.29 is 27.3 Å². The van der Waals surface area contributed by atoms with Gasteiger partial charge in [0.15, 0.2) is 0 Å². The Hall–Kier alpha value is -5.67. The molecule has 0 atom stereocenters. The third kappa shape index (κ3) is 8.22. The molecule has 0 N–H and O–H groups in total. The van der Waals surface area contributed by atoms with Gasteiger partial charge in [-0.2, -0.15) is 0 Å². The van der Waals surface area contributed by atoms with Gasteiger partial charge in [0.1, 0.15) is 11.2 Å². The second-order valence-electron chi connectivity index (χ2n) is 14.8. The van der Waals surface area contributed by atoms with E-state index < -0.39 is 11.8 Å². The van der Waals surface area contributed by atoms with Gasteiger partial charge in [-0.05, 0) is 81.3 Å². The molecule has 0 saturated heterocycles. The standard InChI is InChI=1S/C32H26NO.C19H16N.Ir/c1-32(2,3)20-21-16-17-33-28(18-21)23-9-6-8-22(19-23)24-11-7-12-26-25(24)14-15-30-31(26)27-10-4-5-13-29(27)34-30;1-14-8-10-17(11-9-14)19-12-18(15(2)13-20-19)16-6-4-3-5-7-16;/h4-8,10-19H,20H2,1-3H3;3-10,12-13H,1-2H3;/q2*-1;/i20D2;;. The predicted octanol–water partition coefficient (Wildman–Crippen LogP) is 13.7. The zero-order chi connectivity index (χ0) is 39.0. The van der Waals surface area contributed by atoms with Crippen molar-refractivity contribution in [2.45, 2.75) is 41.0 Å². The van der Waals surface area contributed by atoms with Gasteiger partial charge in [-0.15, -0.1) is 70.8 Å². The summed E-state index contributed by atoms with van der Waals surface area (Å²) in [6.45, 7) is 9.91. The molecule has 0 fully saturated rings. The van der Waals surface area contributed by atoms with Crippen LogP contribution in [-0.4, -0.2) is 9.97 Å². The van der Waals surface area contributed by atoms with Gasteiger partial charge in [0.05, 0.1) is 0 Å². The first-order chi connectivity index (χ1) is 27.0. The summed E-state index contributed by atoms with van der Waals surface area (Å²) in [7, 11) is 0. The Morgan fingerprint density at radius 2 is 1.42 bits per heavy atom. The van der Waals surface area contributed by atoms with Crippen LogP contribution in [0.2, 0.25) is 0 Å². The number of furan rings is 1. The largest absolute Gasteiger partial charge is 0.456 e. The number of pyridine rings is 2. The van der Waals surface area contributed by atoms with Crippen LogP contribution in [0.25, 0.3) is 77.5 Å². The molecule has 4 heteroatoms. The van der Waals surface area contributed by atoms with Crippen LogP contribution in [-0.2, 0) is 26.5 Å². The zero-order valence-electron chi connectivity index (χ0n) is 33.6. The van der Waals surface area contributed by atoms with Crippen molar-refractivity contribution in [3.8, 4) is 44.8 Å². The van der Waals surface area contributed by atoms with Gasteiger partial charge in [0, 0.05) is 46.0 Å². The predicted molar refractivity (Wildman–Crippen MR) is 225 cm³/mol. The van der Waals surface area contributed by atoms with Crippen molar-refractivity contribution in [2.75, 3.05) is 0 Å². The van der Waals surface area contributed by atoms with Gasteiger partial charge in [-0.3, -0.25) is 0 Å². The van der Waals surface area contributed by atoms with Crippen LogP contribution < -0.4 is 0 Å². The summed E-state index contributed by atoms with van der Waals surface area (Å²) in [6, 6.07) is 53.7. The first-order valence-corrected chi connectivity index (χ1v) is 18.3. The molecular weight excluding hydrogens is 849 g/mol. The van der Waals surface area contributed by atoms with Crippen molar-refractivity contribution in [3.05, 3.63) is 181 Å². The molecule has 3 heterocycles. The molecule has 3 aromatic heterocycles. The molecule has 1 radical (unpaired) electrons. The maximum absolute atomic E-state index is 8.68. The number of aromatic nitrogens is 2. The van der Waals surface area contributed by atoms with E-state index in [0.29, 0.717) is 11.3 Å². The molecule has 0 aliphatic heterocycles. The minimum Gasteiger partial charge on any atom is -0.456 e. The van der Waals surface area contributed by atoms with E-state index in [9.17, 15) is 0 Å². The quantitative estimate of drug-likeness (QED) is 0.162. The molecule has 9 aromatic rings. The Morgan fingerprint density at radius 3 is 2.22 bits per heavy atom. The molecule has 0 amide bonds. The topological polar surface area (TPSA) is 38.9 Å². The van der Waals surface area contributed by atoms with E-state index in [2.05, 4.69) is 127 Å². The minimum absolute atomic E-state index is 0. The molecule has 0 unspecified atom stereocenters. The van der Waals surface area contributed by atoms with Gasteiger partial charge in [-0.25, -0.2) is 0 Å². The van der Waals surface area contributed by atoms with Crippen molar-refractivity contribution in [3.63, 3.8) is 0 Å². The van der Waals surface area contributed by atoms with Crippen LogP contribution in [0.3, 0.4) is 0 Å². The number of hydrogen-bond acceptors (Lipinski definition) is 3. The number of hydrogen-bond donors (Lipinski definition) is 0. The Labute approximate surface area is 340 Å². The first kappa shape index (κ1) is 35.1. The fourth-order valence-corrected chi connectivity index (χ4v) is 6.97. The number of aryl methyl sites for hydroxylation is 2. The SMILES string of the molecule is Cc1c[c-]c(-c2cc(-c3ccccc3)c(C)cn2)cc1.[2H]C([2H])(c1ccnc(-c2[c-]ccc(-c3cccc4c3ccc3oc5ccccc5c34)c2)c1)C(C)(C)C.[Ir]. The summed E-state index contributed by atoms with van der Waals surface area (Å²) in [5.74, 6) is 0. The molecule has 273 valence electrons. The molecule has 0 spiro atoms. The molecule has 0 bridgehead atoms. The van der Waals surface area contributed by atoms with Gasteiger partial charge in [0.2, 0.25) is 0 Å². The third-order valence-corrected chi connectivity index (χ3v) is 9.50. The molecule has 0 aliphatic carbocycles. The smallest absolute Gasteiger partial charge is 0.136 e. The van der Waals surface area contributed by atoms with Crippen LogP contribution in [0.15, 0.2) is 156 Å². The molecule has 3 nitrogen and oxygen atoms in total. The van der Waals surface area contributed by atoms with Crippen LogP contribution in [0.4, 0.5) is 0 Å². The van der Waals surface area contributed by atoms with Crippen LogP contribution >= 0.6 is 0 Å². The van der Waals surface area contributed by atoms with E-state index in [0.717, 1.165) is 60.7 Å². The van der Waals surface area contributed by atoms with E-state index in [1.807, 2.05) is 69.4 Å². The summed E-state index contributed by atoms with van der Waals surface area (Å²) in [5, 5.41) is 4.56. The second-order valence-corrected chi connectivity index (χ2v) is 14.8. The van der Waals surface area contributed by atoms with E-state index in [1.54, 1.807) is 12.3 Å². The molecule has 0 saturated carbocycles. The Bertz CT molecular complexity index is 2840. The van der Waals surface area contributed by atoms with Crippen LogP contribution in [0.5, 0.6) is 0 Å². The Morgan fingerprint density at radius 1 is 0.636 bits per heavy atom.